The molecule has 3 aromatic rings. The van der Waals surface area contributed by atoms with E-state index in [0.29, 0.717) is 23.1 Å². The maximum atomic E-state index is 13.7. The number of carbonyl (C=O) groups excluding carboxylic acids is 1. The Labute approximate surface area is 224 Å². The summed E-state index contributed by atoms with van der Waals surface area (Å²) in [5.41, 5.74) is 0.380. The van der Waals surface area contributed by atoms with Crippen molar-refractivity contribution < 1.29 is 26.4 Å². The van der Waals surface area contributed by atoms with Crippen LogP contribution in [0.1, 0.15) is 36.8 Å². The van der Waals surface area contributed by atoms with Gasteiger partial charge in [-0.15, -0.1) is 0 Å². The van der Waals surface area contributed by atoms with Crippen LogP contribution in [0.5, 0.6) is 0 Å². The van der Waals surface area contributed by atoms with Gasteiger partial charge in [0.05, 0.1) is 6.26 Å². The average molecular weight is 564 g/mol. The van der Waals surface area contributed by atoms with Crippen molar-refractivity contribution in [2.45, 2.75) is 38.4 Å². The molecule has 0 bridgehead atoms. The van der Waals surface area contributed by atoms with E-state index in [1.54, 1.807) is 36.4 Å². The van der Waals surface area contributed by atoms with Crippen LogP contribution in [0.3, 0.4) is 0 Å². The highest BCUT2D eigenvalue weighted by Gasteiger charge is 2.35. The standard InChI is InChI=1S/C25H28F3N7O3S/c1-35(39(2,37)38)22-17(8-5-13-29-22)14-30-21-20(25(26,27)28)15-31-24(34-21)33-19-11-9-18(10-12-19)32-23(36)16-6-3-4-7-16/h5,8-13,15-16H,3-4,6-7,14H2,1-2H3,(H,32,36)(H2,30,31,33,34). The summed E-state index contributed by atoms with van der Waals surface area (Å²) < 4.78 is 65.9. The molecule has 1 amide bonds. The van der Waals surface area contributed by atoms with Gasteiger partial charge in [0.15, 0.2) is 0 Å². The summed E-state index contributed by atoms with van der Waals surface area (Å²) >= 11 is 0. The van der Waals surface area contributed by atoms with E-state index in [1.807, 2.05) is 0 Å². The molecule has 1 aliphatic rings. The summed E-state index contributed by atoms with van der Waals surface area (Å²) in [5, 5.41) is 8.39. The van der Waals surface area contributed by atoms with Gasteiger partial charge in [0.25, 0.3) is 0 Å². The van der Waals surface area contributed by atoms with Crippen LogP contribution in [-0.2, 0) is 27.5 Å². The molecule has 3 N–H and O–H groups in total. The molecular weight excluding hydrogens is 535 g/mol. The summed E-state index contributed by atoms with van der Waals surface area (Å²) in [6.45, 7) is -0.183. The lowest BCUT2D eigenvalue weighted by Crippen LogP contribution is -2.27. The second-order valence-electron chi connectivity index (χ2n) is 9.20. The van der Waals surface area contributed by atoms with Crippen molar-refractivity contribution in [3.63, 3.8) is 0 Å². The fourth-order valence-corrected chi connectivity index (χ4v) is 4.65. The number of aromatic nitrogens is 3. The fourth-order valence-electron chi connectivity index (χ4n) is 4.17. The molecule has 0 aliphatic heterocycles. The molecule has 1 saturated carbocycles. The Kier molecular flexibility index (Phi) is 8.23. The van der Waals surface area contributed by atoms with Gasteiger partial charge in [-0.05, 0) is 43.2 Å². The minimum Gasteiger partial charge on any atom is -0.365 e. The number of alkyl halides is 3. The number of pyridine rings is 1. The SMILES string of the molecule is CN(c1ncccc1CNc1nc(Nc2ccc(NC(=O)C3CCCC3)cc2)ncc1C(F)(F)F)S(C)(=O)=O. The average Bonchev–Trinajstić information content (AvgIpc) is 3.43. The quantitative estimate of drug-likeness (QED) is 0.340. The second-order valence-corrected chi connectivity index (χ2v) is 11.2. The number of anilines is 5. The monoisotopic (exact) mass is 563 g/mol. The van der Waals surface area contributed by atoms with Crippen LogP contribution in [0.25, 0.3) is 0 Å². The smallest absolute Gasteiger partial charge is 0.365 e. The number of sulfonamides is 1. The number of amides is 1. The molecule has 10 nitrogen and oxygen atoms in total. The van der Waals surface area contributed by atoms with Crippen molar-refractivity contribution in [3.8, 4) is 0 Å². The molecule has 14 heteroatoms. The number of nitrogens with one attached hydrogen (secondary N) is 3. The molecule has 1 fully saturated rings. The molecule has 39 heavy (non-hydrogen) atoms. The fraction of sp³-hybridized carbons (Fsp3) is 0.360. The molecule has 0 saturated heterocycles. The Balaban J connectivity index is 1.50. The van der Waals surface area contributed by atoms with E-state index in [1.165, 1.54) is 13.2 Å². The Morgan fingerprint density at radius 1 is 1.08 bits per heavy atom. The van der Waals surface area contributed by atoms with Crippen LogP contribution in [0.2, 0.25) is 0 Å². The van der Waals surface area contributed by atoms with Gasteiger partial charge in [0.1, 0.15) is 17.2 Å². The van der Waals surface area contributed by atoms with Crippen LogP contribution in [-0.4, -0.2) is 42.6 Å². The molecule has 0 radical (unpaired) electrons. The molecular formula is C25H28F3N7O3S. The van der Waals surface area contributed by atoms with Crippen molar-refractivity contribution in [3.05, 3.63) is 59.9 Å². The molecule has 0 spiro atoms. The molecule has 0 unspecified atom stereocenters. The van der Waals surface area contributed by atoms with Gasteiger partial charge < -0.3 is 16.0 Å². The Morgan fingerprint density at radius 2 is 1.74 bits per heavy atom. The minimum atomic E-state index is -4.73. The van der Waals surface area contributed by atoms with Gasteiger partial charge in [-0.2, -0.15) is 18.2 Å². The van der Waals surface area contributed by atoms with Gasteiger partial charge in [-0.3, -0.25) is 9.10 Å². The number of halogens is 3. The third-order valence-corrected chi connectivity index (χ3v) is 7.51. The zero-order valence-electron chi connectivity index (χ0n) is 21.3. The number of rotatable bonds is 9. The lowest BCUT2D eigenvalue weighted by molar-refractivity contribution is -0.137. The molecule has 0 atom stereocenters. The van der Waals surface area contributed by atoms with E-state index in [0.717, 1.165) is 36.2 Å². The Bertz CT molecular complexity index is 1430. The van der Waals surface area contributed by atoms with E-state index < -0.39 is 27.6 Å². The summed E-state index contributed by atoms with van der Waals surface area (Å²) in [6, 6.07) is 9.77. The number of hydrogen-bond acceptors (Lipinski definition) is 8. The van der Waals surface area contributed by atoms with E-state index >= 15 is 0 Å². The topological polar surface area (TPSA) is 129 Å². The molecule has 1 aromatic carbocycles. The Morgan fingerprint density at radius 3 is 2.38 bits per heavy atom. The summed E-state index contributed by atoms with van der Waals surface area (Å²) in [4.78, 5) is 24.2. The zero-order chi connectivity index (χ0) is 28.2. The lowest BCUT2D eigenvalue weighted by atomic mass is 10.1. The number of nitrogens with zero attached hydrogens (tertiary/aromatic N) is 4. The van der Waals surface area contributed by atoms with Crippen molar-refractivity contribution >= 4 is 44.9 Å². The first kappa shape index (κ1) is 28.1. The third kappa shape index (κ3) is 7.13. The van der Waals surface area contributed by atoms with Crippen LogP contribution in [0, 0.1) is 5.92 Å². The molecule has 2 heterocycles. The molecule has 1 aliphatic carbocycles. The normalized spacial score (nSPS) is 14.2. The number of benzene rings is 1. The van der Waals surface area contributed by atoms with Gasteiger partial charge in [-0.25, -0.2) is 18.4 Å². The van der Waals surface area contributed by atoms with E-state index in [4.69, 9.17) is 0 Å². The summed E-state index contributed by atoms with van der Waals surface area (Å²) in [5.74, 6) is -0.503. The highest BCUT2D eigenvalue weighted by atomic mass is 32.2. The molecule has 2 aromatic heterocycles. The highest BCUT2D eigenvalue weighted by Crippen LogP contribution is 2.35. The van der Waals surface area contributed by atoms with Gasteiger partial charge in [0.2, 0.25) is 21.9 Å². The second kappa shape index (κ2) is 11.4. The van der Waals surface area contributed by atoms with Crippen LogP contribution in [0.15, 0.2) is 48.8 Å². The maximum absolute atomic E-state index is 13.7. The third-order valence-electron chi connectivity index (χ3n) is 6.34. The van der Waals surface area contributed by atoms with Crippen LogP contribution < -0.4 is 20.3 Å². The highest BCUT2D eigenvalue weighted by molar-refractivity contribution is 7.92. The first-order valence-electron chi connectivity index (χ1n) is 12.2. The largest absolute Gasteiger partial charge is 0.421 e. The van der Waals surface area contributed by atoms with E-state index in [2.05, 4.69) is 30.9 Å². The van der Waals surface area contributed by atoms with Crippen molar-refractivity contribution in [1.29, 1.82) is 0 Å². The van der Waals surface area contributed by atoms with E-state index in [-0.39, 0.29) is 30.1 Å². The van der Waals surface area contributed by atoms with Crippen LogP contribution in [0.4, 0.5) is 42.1 Å². The van der Waals surface area contributed by atoms with Crippen molar-refractivity contribution in [2.75, 3.05) is 33.6 Å². The predicted octanol–water partition coefficient (Wildman–Crippen LogP) is 4.77. The van der Waals surface area contributed by atoms with Gasteiger partial charge in [0, 0.05) is 48.8 Å². The first-order chi connectivity index (χ1) is 18.4. The summed E-state index contributed by atoms with van der Waals surface area (Å²) in [7, 11) is -2.34. The Hall–Kier alpha value is -3.94. The van der Waals surface area contributed by atoms with Crippen LogP contribution >= 0.6 is 0 Å². The summed E-state index contributed by atoms with van der Waals surface area (Å²) in [6.07, 6.45) is 2.17. The first-order valence-corrected chi connectivity index (χ1v) is 14.0. The molecule has 4 rings (SSSR count). The minimum absolute atomic E-state index is 0.0174. The van der Waals surface area contributed by atoms with Gasteiger partial charge in [-0.1, -0.05) is 18.9 Å². The molecule has 208 valence electrons. The maximum Gasteiger partial charge on any atom is 0.421 e. The predicted molar refractivity (Wildman–Crippen MR) is 142 cm³/mol. The lowest BCUT2D eigenvalue weighted by Gasteiger charge is -2.20. The van der Waals surface area contributed by atoms with Crippen molar-refractivity contribution in [1.82, 2.24) is 15.0 Å². The van der Waals surface area contributed by atoms with Crippen molar-refractivity contribution in [2.24, 2.45) is 5.92 Å². The zero-order valence-corrected chi connectivity index (χ0v) is 22.1. The number of hydrogen-bond donors (Lipinski definition) is 3. The number of carbonyl (C=O) groups is 1. The van der Waals surface area contributed by atoms with Gasteiger partial charge >= 0.3 is 6.18 Å². The van der Waals surface area contributed by atoms with E-state index in [9.17, 15) is 26.4 Å².